The van der Waals surface area contributed by atoms with Crippen LogP contribution in [-0.4, -0.2) is 19.1 Å². The lowest BCUT2D eigenvalue weighted by Gasteiger charge is -2.15. The lowest BCUT2D eigenvalue weighted by molar-refractivity contribution is 1.17. The lowest BCUT2D eigenvalue weighted by atomic mass is 9.93. The van der Waals surface area contributed by atoms with Gasteiger partial charge in [-0.2, -0.15) is 0 Å². The molecule has 0 radical (unpaired) electrons. The highest BCUT2D eigenvalue weighted by atomic mass is 15.0. The van der Waals surface area contributed by atoms with Crippen molar-refractivity contribution in [3.8, 4) is 67.5 Å². The summed E-state index contributed by atoms with van der Waals surface area (Å²) in [5.74, 6) is 0.728. The average Bonchev–Trinajstić information content (AvgIpc) is 3.88. The third-order valence-corrected chi connectivity index (χ3v) is 12.8. The molecule has 0 amide bonds. The molecule has 0 saturated heterocycles. The molecule has 302 valence electrons. The predicted molar refractivity (Wildman–Crippen MR) is 267 cm³/mol. The SMILES string of the molecule is Cc1cc(-c2nc(-c3ccccc3)cc(-c3ccccc3)n2)c(C)cc1-c1ccc2c(c1)c1ccccc1n2-c1cccc(-c2cccc3c4ccccc4n(-c4ccccc4)c23)c1. The summed E-state index contributed by atoms with van der Waals surface area (Å²) in [6.45, 7) is 4.38. The number of hydrogen-bond donors (Lipinski definition) is 0. The van der Waals surface area contributed by atoms with Crippen molar-refractivity contribution in [3.63, 3.8) is 0 Å². The Morgan fingerprint density at radius 3 is 1.52 bits per heavy atom. The van der Waals surface area contributed by atoms with E-state index in [1.165, 1.54) is 71.4 Å². The van der Waals surface area contributed by atoms with Crippen molar-refractivity contribution in [2.75, 3.05) is 0 Å². The van der Waals surface area contributed by atoms with Gasteiger partial charge in [-0.15, -0.1) is 0 Å². The molecule has 0 fully saturated rings. The number of nitrogens with zero attached hydrogens (tertiary/aromatic N) is 4. The Morgan fingerprint density at radius 1 is 0.312 bits per heavy atom. The Labute approximate surface area is 372 Å². The first-order valence-corrected chi connectivity index (χ1v) is 21.9. The van der Waals surface area contributed by atoms with E-state index in [1.807, 2.05) is 12.1 Å². The summed E-state index contributed by atoms with van der Waals surface area (Å²) >= 11 is 0. The zero-order chi connectivity index (χ0) is 42.7. The molecule has 0 unspecified atom stereocenters. The van der Waals surface area contributed by atoms with Crippen LogP contribution in [0.5, 0.6) is 0 Å². The van der Waals surface area contributed by atoms with Gasteiger partial charge in [0, 0.05) is 55.2 Å². The highest BCUT2D eigenvalue weighted by molar-refractivity contribution is 6.14. The maximum atomic E-state index is 5.16. The quantitative estimate of drug-likeness (QED) is 0.161. The molecule has 0 saturated carbocycles. The third-order valence-electron chi connectivity index (χ3n) is 12.8. The Bertz CT molecular complexity index is 3670. The summed E-state index contributed by atoms with van der Waals surface area (Å²) in [5.41, 5.74) is 19.1. The summed E-state index contributed by atoms with van der Waals surface area (Å²) < 4.78 is 4.84. The van der Waals surface area contributed by atoms with Gasteiger partial charge in [-0.25, -0.2) is 9.97 Å². The van der Waals surface area contributed by atoms with E-state index in [0.29, 0.717) is 0 Å². The van der Waals surface area contributed by atoms with E-state index < -0.39 is 0 Å². The molecule has 12 rings (SSSR count). The molecular formula is C60H42N4. The molecule has 0 aliphatic carbocycles. The number of hydrogen-bond acceptors (Lipinski definition) is 2. The van der Waals surface area contributed by atoms with Crippen molar-refractivity contribution in [1.29, 1.82) is 0 Å². The molecule has 0 aliphatic heterocycles. The Hall–Kier alpha value is -8.34. The van der Waals surface area contributed by atoms with Gasteiger partial charge in [-0.3, -0.25) is 0 Å². The zero-order valence-electron chi connectivity index (χ0n) is 35.6. The number of fused-ring (bicyclic) bond motifs is 6. The highest BCUT2D eigenvalue weighted by Gasteiger charge is 2.20. The van der Waals surface area contributed by atoms with Gasteiger partial charge >= 0.3 is 0 Å². The first-order chi connectivity index (χ1) is 31.6. The van der Waals surface area contributed by atoms with Crippen LogP contribution < -0.4 is 0 Å². The van der Waals surface area contributed by atoms with Gasteiger partial charge in [0.25, 0.3) is 0 Å². The minimum atomic E-state index is 0.728. The molecule has 0 N–H and O–H groups in total. The molecule has 12 aromatic rings. The number of benzene rings is 9. The first kappa shape index (κ1) is 37.4. The molecule has 0 atom stereocenters. The van der Waals surface area contributed by atoms with E-state index in [4.69, 9.17) is 9.97 Å². The minimum absolute atomic E-state index is 0.728. The van der Waals surface area contributed by atoms with Crippen LogP contribution >= 0.6 is 0 Å². The van der Waals surface area contributed by atoms with E-state index >= 15 is 0 Å². The normalized spacial score (nSPS) is 11.6. The van der Waals surface area contributed by atoms with Crippen LogP contribution in [0.25, 0.3) is 111 Å². The standard InChI is InChI=1S/C60H42N4/c1-39-35-52(60-61-54(41-18-6-3-7-19-41)38-55(62-60)42-20-8-4-9-21-42)40(2)34-51(39)44-32-33-58-53(37-44)49-27-13-14-30-56(49)63(58)46-25-16-22-43(36-46)47-28-17-29-50-48-26-12-15-31-57(48)64(59(47)50)45-23-10-5-11-24-45/h3-38H,1-2H3. The van der Waals surface area contributed by atoms with Crippen molar-refractivity contribution in [3.05, 3.63) is 230 Å². The summed E-state index contributed by atoms with van der Waals surface area (Å²) in [6.07, 6.45) is 0. The average molecular weight is 819 g/mol. The van der Waals surface area contributed by atoms with Crippen LogP contribution in [0.2, 0.25) is 0 Å². The van der Waals surface area contributed by atoms with Gasteiger partial charge < -0.3 is 9.13 Å². The second kappa shape index (κ2) is 15.2. The van der Waals surface area contributed by atoms with Gasteiger partial charge in [0.2, 0.25) is 0 Å². The first-order valence-electron chi connectivity index (χ1n) is 21.9. The van der Waals surface area contributed by atoms with E-state index in [0.717, 1.165) is 50.8 Å². The van der Waals surface area contributed by atoms with Gasteiger partial charge in [-0.1, -0.05) is 158 Å². The molecule has 64 heavy (non-hydrogen) atoms. The minimum Gasteiger partial charge on any atom is -0.309 e. The molecule has 0 spiro atoms. The van der Waals surface area contributed by atoms with Crippen LogP contribution in [0, 0.1) is 13.8 Å². The number of para-hydroxylation sites is 4. The summed E-state index contributed by atoms with van der Waals surface area (Å²) in [6, 6.07) is 78.4. The molecular weight excluding hydrogens is 777 g/mol. The van der Waals surface area contributed by atoms with E-state index in [1.54, 1.807) is 0 Å². The number of rotatable bonds is 7. The third kappa shape index (κ3) is 6.22. The second-order valence-electron chi connectivity index (χ2n) is 16.7. The topological polar surface area (TPSA) is 35.6 Å². The van der Waals surface area contributed by atoms with Crippen LogP contribution in [0.1, 0.15) is 11.1 Å². The van der Waals surface area contributed by atoms with E-state index in [-0.39, 0.29) is 0 Å². The predicted octanol–water partition coefficient (Wildman–Crippen LogP) is 15.6. The second-order valence-corrected chi connectivity index (χ2v) is 16.7. The molecule has 3 aromatic heterocycles. The number of aromatic nitrogens is 4. The monoisotopic (exact) mass is 818 g/mol. The van der Waals surface area contributed by atoms with Gasteiger partial charge in [0.05, 0.1) is 33.5 Å². The Balaban J connectivity index is 0.973. The van der Waals surface area contributed by atoms with Gasteiger partial charge in [-0.05, 0) is 102 Å². The molecule has 4 heteroatoms. The van der Waals surface area contributed by atoms with E-state index in [9.17, 15) is 0 Å². The van der Waals surface area contributed by atoms with Crippen LogP contribution in [-0.2, 0) is 0 Å². The van der Waals surface area contributed by atoms with Crippen molar-refractivity contribution >= 4 is 43.6 Å². The zero-order valence-corrected chi connectivity index (χ0v) is 35.6. The fraction of sp³-hybridized carbons (Fsp3) is 0.0333. The number of aryl methyl sites for hydroxylation is 2. The fourth-order valence-corrected chi connectivity index (χ4v) is 9.78. The van der Waals surface area contributed by atoms with Crippen molar-refractivity contribution in [2.24, 2.45) is 0 Å². The maximum Gasteiger partial charge on any atom is 0.160 e. The van der Waals surface area contributed by atoms with E-state index in [2.05, 4.69) is 229 Å². The van der Waals surface area contributed by atoms with Crippen molar-refractivity contribution in [2.45, 2.75) is 13.8 Å². The Kier molecular flexibility index (Phi) is 8.91. The summed E-state index contributed by atoms with van der Waals surface area (Å²) in [5, 5.41) is 4.94. The van der Waals surface area contributed by atoms with Crippen molar-refractivity contribution < 1.29 is 0 Å². The highest BCUT2D eigenvalue weighted by Crippen LogP contribution is 2.41. The molecule has 4 nitrogen and oxygen atoms in total. The smallest absolute Gasteiger partial charge is 0.160 e. The fourth-order valence-electron chi connectivity index (χ4n) is 9.78. The molecule has 9 aromatic carbocycles. The molecule has 0 aliphatic rings. The van der Waals surface area contributed by atoms with Gasteiger partial charge in [0.15, 0.2) is 5.82 Å². The molecule has 3 heterocycles. The van der Waals surface area contributed by atoms with Crippen molar-refractivity contribution in [1.82, 2.24) is 19.1 Å². The maximum absolute atomic E-state index is 5.16. The summed E-state index contributed by atoms with van der Waals surface area (Å²) in [7, 11) is 0. The van der Waals surface area contributed by atoms with Crippen LogP contribution in [0.4, 0.5) is 0 Å². The lowest BCUT2D eigenvalue weighted by Crippen LogP contribution is -1.98. The van der Waals surface area contributed by atoms with Crippen LogP contribution in [0.15, 0.2) is 218 Å². The summed E-state index contributed by atoms with van der Waals surface area (Å²) in [4.78, 5) is 10.3. The van der Waals surface area contributed by atoms with Crippen LogP contribution in [0.3, 0.4) is 0 Å². The Morgan fingerprint density at radius 2 is 0.812 bits per heavy atom. The largest absolute Gasteiger partial charge is 0.309 e. The molecule has 0 bridgehead atoms. The van der Waals surface area contributed by atoms with Gasteiger partial charge in [0.1, 0.15) is 0 Å².